The summed E-state index contributed by atoms with van der Waals surface area (Å²) < 4.78 is 0. The number of nitro benzene ring substituents is 1. The van der Waals surface area contributed by atoms with Crippen molar-refractivity contribution in [3.05, 3.63) is 67.7 Å². The van der Waals surface area contributed by atoms with Crippen LogP contribution in [0.4, 0.5) is 5.69 Å². The summed E-state index contributed by atoms with van der Waals surface area (Å²) in [5.74, 6) is -0.559. The van der Waals surface area contributed by atoms with E-state index in [1.54, 1.807) is 18.2 Å². The van der Waals surface area contributed by atoms with Crippen molar-refractivity contribution in [2.75, 3.05) is 0 Å². The molecule has 0 heterocycles. The Balaban J connectivity index is 2.07. The number of hydrogen-bond acceptors (Lipinski definition) is 4. The van der Waals surface area contributed by atoms with Crippen LogP contribution in [0.5, 0.6) is 5.75 Å². The third-order valence-corrected chi connectivity index (χ3v) is 3.76. The Morgan fingerprint density at radius 2 is 1.64 bits per heavy atom. The number of carbonyl (C=O) groups excluding carboxylic acids is 1. The zero-order chi connectivity index (χ0) is 16.3. The number of benzene rings is 2. The molecule has 2 rings (SSSR count). The lowest BCUT2D eigenvalue weighted by Gasteiger charge is -2.04. The fraction of sp³-hybridized carbons (Fsp3) is 0.133. The minimum Gasteiger partial charge on any atom is -0.502 e. The number of Topliss-reactive ketones (excluding diaryl/α,β-unsaturated/α-hetero) is 1. The van der Waals surface area contributed by atoms with E-state index >= 15 is 0 Å². The van der Waals surface area contributed by atoms with Crippen LogP contribution in [0.25, 0.3) is 0 Å². The highest BCUT2D eigenvalue weighted by Gasteiger charge is 2.14. The predicted molar refractivity (Wildman–Crippen MR) is 83.6 cm³/mol. The number of halogens is 2. The highest BCUT2D eigenvalue weighted by Crippen LogP contribution is 2.27. The average molecular weight is 340 g/mol. The van der Waals surface area contributed by atoms with Gasteiger partial charge in [-0.3, -0.25) is 14.9 Å². The van der Waals surface area contributed by atoms with Gasteiger partial charge in [0.1, 0.15) is 5.78 Å². The van der Waals surface area contributed by atoms with E-state index in [0.717, 1.165) is 5.56 Å². The van der Waals surface area contributed by atoms with Crippen molar-refractivity contribution in [1.29, 1.82) is 0 Å². The average Bonchev–Trinajstić information content (AvgIpc) is 2.42. The molecule has 2 aromatic rings. The van der Waals surface area contributed by atoms with E-state index in [0.29, 0.717) is 15.6 Å². The standard InChI is InChI=1S/C15H11Cl2NO4/c16-12-3-1-9(7-13(12)17)5-11(19)6-10-2-4-14(18(21)22)15(20)8-10/h1-4,7-8,20H,5-6H2. The largest absolute Gasteiger partial charge is 0.502 e. The summed E-state index contributed by atoms with van der Waals surface area (Å²) in [6.45, 7) is 0. The lowest BCUT2D eigenvalue weighted by atomic mass is 10.0. The third kappa shape index (κ3) is 3.96. The SMILES string of the molecule is O=C(Cc1ccc([N+](=O)[O-])c(O)c1)Cc1ccc(Cl)c(Cl)c1. The molecule has 2 aromatic carbocycles. The third-order valence-electron chi connectivity index (χ3n) is 3.02. The van der Waals surface area contributed by atoms with Gasteiger partial charge >= 0.3 is 5.69 Å². The Hall–Kier alpha value is -2.11. The Bertz CT molecular complexity index is 746. The molecular formula is C15H11Cl2NO4. The molecule has 5 nitrogen and oxygen atoms in total. The van der Waals surface area contributed by atoms with Gasteiger partial charge in [0.05, 0.1) is 15.0 Å². The maximum Gasteiger partial charge on any atom is 0.310 e. The Morgan fingerprint density at radius 3 is 2.18 bits per heavy atom. The van der Waals surface area contributed by atoms with E-state index in [9.17, 15) is 20.0 Å². The lowest BCUT2D eigenvalue weighted by Crippen LogP contribution is -2.06. The second-order valence-electron chi connectivity index (χ2n) is 4.72. The summed E-state index contributed by atoms with van der Waals surface area (Å²) in [5.41, 5.74) is 0.847. The van der Waals surface area contributed by atoms with E-state index in [-0.39, 0.29) is 24.3 Å². The molecule has 0 aliphatic heterocycles. The first-order valence-electron chi connectivity index (χ1n) is 6.28. The number of nitrogens with zero attached hydrogens (tertiary/aromatic N) is 1. The zero-order valence-electron chi connectivity index (χ0n) is 11.3. The maximum atomic E-state index is 12.0. The molecular weight excluding hydrogens is 329 g/mol. The van der Waals surface area contributed by atoms with E-state index in [2.05, 4.69) is 0 Å². The summed E-state index contributed by atoms with van der Waals surface area (Å²) >= 11 is 11.7. The normalized spacial score (nSPS) is 10.5. The summed E-state index contributed by atoms with van der Waals surface area (Å²) in [7, 11) is 0. The second-order valence-corrected chi connectivity index (χ2v) is 5.54. The molecule has 0 atom stereocenters. The first kappa shape index (κ1) is 16.3. The topological polar surface area (TPSA) is 80.4 Å². The molecule has 0 aliphatic rings. The Morgan fingerprint density at radius 1 is 1.05 bits per heavy atom. The molecule has 0 saturated heterocycles. The Labute approximate surface area is 136 Å². The van der Waals surface area contributed by atoms with E-state index in [1.807, 2.05) is 0 Å². The molecule has 0 bridgehead atoms. The van der Waals surface area contributed by atoms with E-state index < -0.39 is 10.7 Å². The maximum absolute atomic E-state index is 12.0. The number of hydrogen-bond donors (Lipinski definition) is 1. The number of phenolic OH excluding ortho intramolecular Hbond substituents is 1. The highest BCUT2D eigenvalue weighted by atomic mass is 35.5. The Kier molecular flexibility index (Phi) is 5.00. The van der Waals surface area contributed by atoms with Gasteiger partial charge in [-0.1, -0.05) is 35.3 Å². The van der Waals surface area contributed by atoms with Crippen molar-refractivity contribution < 1.29 is 14.8 Å². The minimum atomic E-state index is -0.684. The van der Waals surface area contributed by atoms with Crippen molar-refractivity contribution in [2.45, 2.75) is 12.8 Å². The molecule has 0 amide bonds. The summed E-state index contributed by atoms with van der Waals surface area (Å²) in [6.07, 6.45) is 0.223. The zero-order valence-corrected chi connectivity index (χ0v) is 12.8. The van der Waals surface area contributed by atoms with Gasteiger partial charge < -0.3 is 5.11 Å². The smallest absolute Gasteiger partial charge is 0.310 e. The van der Waals surface area contributed by atoms with Crippen molar-refractivity contribution in [3.63, 3.8) is 0 Å². The van der Waals surface area contributed by atoms with Gasteiger partial charge in [0, 0.05) is 18.9 Å². The van der Waals surface area contributed by atoms with Crippen LogP contribution in [0.15, 0.2) is 36.4 Å². The van der Waals surface area contributed by atoms with Crippen molar-refractivity contribution in [2.24, 2.45) is 0 Å². The number of nitro groups is 1. The second kappa shape index (κ2) is 6.77. The summed E-state index contributed by atoms with van der Waals surface area (Å²) in [5, 5.41) is 20.9. The number of aromatic hydroxyl groups is 1. The monoisotopic (exact) mass is 339 g/mol. The first-order chi connectivity index (χ1) is 10.4. The van der Waals surface area contributed by atoms with Crippen LogP contribution in [0, 0.1) is 10.1 Å². The van der Waals surface area contributed by atoms with Crippen molar-refractivity contribution in [1.82, 2.24) is 0 Å². The first-order valence-corrected chi connectivity index (χ1v) is 7.04. The summed E-state index contributed by atoms with van der Waals surface area (Å²) in [4.78, 5) is 21.9. The van der Waals surface area contributed by atoms with Gasteiger partial charge in [-0.2, -0.15) is 0 Å². The van der Waals surface area contributed by atoms with Crippen LogP contribution in [0.1, 0.15) is 11.1 Å². The van der Waals surface area contributed by atoms with E-state index in [4.69, 9.17) is 23.2 Å². The number of carbonyl (C=O) groups is 1. The van der Waals surface area contributed by atoms with Gasteiger partial charge in [0.15, 0.2) is 5.75 Å². The van der Waals surface area contributed by atoms with Gasteiger partial charge in [-0.05, 0) is 29.3 Å². The van der Waals surface area contributed by atoms with Crippen molar-refractivity contribution >= 4 is 34.7 Å². The molecule has 0 aromatic heterocycles. The predicted octanol–water partition coefficient (Wildman–Crippen LogP) is 3.96. The molecule has 0 aliphatic carbocycles. The van der Waals surface area contributed by atoms with Crippen LogP contribution in [0.2, 0.25) is 10.0 Å². The molecule has 0 unspecified atom stereocenters. The molecule has 0 spiro atoms. The van der Waals surface area contributed by atoms with Crippen LogP contribution in [-0.4, -0.2) is 15.8 Å². The quantitative estimate of drug-likeness (QED) is 0.660. The molecule has 114 valence electrons. The van der Waals surface area contributed by atoms with E-state index in [1.165, 1.54) is 18.2 Å². The van der Waals surface area contributed by atoms with Gasteiger partial charge in [-0.15, -0.1) is 0 Å². The van der Waals surface area contributed by atoms with Crippen molar-refractivity contribution in [3.8, 4) is 5.75 Å². The molecule has 7 heteroatoms. The van der Waals surface area contributed by atoms with Gasteiger partial charge in [0.25, 0.3) is 0 Å². The van der Waals surface area contributed by atoms with Crippen LogP contribution in [0.3, 0.4) is 0 Å². The number of rotatable bonds is 5. The molecule has 1 N–H and O–H groups in total. The fourth-order valence-electron chi connectivity index (χ4n) is 2.00. The minimum absolute atomic E-state index is 0.0613. The molecule has 0 radical (unpaired) electrons. The lowest BCUT2D eigenvalue weighted by molar-refractivity contribution is -0.385. The fourth-order valence-corrected chi connectivity index (χ4v) is 2.32. The van der Waals surface area contributed by atoms with Gasteiger partial charge in [0.2, 0.25) is 0 Å². The highest BCUT2D eigenvalue weighted by molar-refractivity contribution is 6.42. The van der Waals surface area contributed by atoms with Crippen LogP contribution in [-0.2, 0) is 17.6 Å². The summed E-state index contributed by atoms with van der Waals surface area (Å²) in [6, 6.07) is 8.80. The molecule has 0 fully saturated rings. The number of phenols is 1. The molecule has 0 saturated carbocycles. The number of ketones is 1. The van der Waals surface area contributed by atoms with Crippen LogP contribution >= 0.6 is 23.2 Å². The molecule has 22 heavy (non-hydrogen) atoms. The van der Waals surface area contributed by atoms with Gasteiger partial charge in [-0.25, -0.2) is 0 Å². The van der Waals surface area contributed by atoms with Crippen LogP contribution < -0.4 is 0 Å².